The van der Waals surface area contributed by atoms with Crippen molar-refractivity contribution in [1.29, 1.82) is 0 Å². The van der Waals surface area contributed by atoms with Crippen molar-refractivity contribution in [3.63, 3.8) is 0 Å². The van der Waals surface area contributed by atoms with Crippen LogP contribution in [-0.2, 0) is 13.0 Å². The van der Waals surface area contributed by atoms with E-state index in [1.165, 1.54) is 11.6 Å². The molecule has 0 bridgehead atoms. The fourth-order valence-electron chi connectivity index (χ4n) is 2.23. The molecule has 7 nitrogen and oxygen atoms in total. The van der Waals surface area contributed by atoms with Gasteiger partial charge >= 0.3 is 11.9 Å². The van der Waals surface area contributed by atoms with Crippen molar-refractivity contribution in [2.75, 3.05) is 6.54 Å². The van der Waals surface area contributed by atoms with Crippen molar-refractivity contribution < 1.29 is 18.7 Å². The van der Waals surface area contributed by atoms with Crippen LogP contribution in [0.3, 0.4) is 0 Å². The van der Waals surface area contributed by atoms with Gasteiger partial charge in [-0.05, 0) is 42.7 Å². The summed E-state index contributed by atoms with van der Waals surface area (Å²) in [6.07, 6.45) is 2.96. The Bertz CT molecular complexity index is 710. The van der Waals surface area contributed by atoms with Crippen LogP contribution >= 0.6 is 0 Å². The van der Waals surface area contributed by atoms with E-state index in [1.807, 2.05) is 31.2 Å². The van der Waals surface area contributed by atoms with Gasteiger partial charge in [-0.15, -0.1) is 0 Å². The summed E-state index contributed by atoms with van der Waals surface area (Å²) >= 11 is 0. The average Bonchev–Trinajstić information content (AvgIpc) is 3.13. The van der Waals surface area contributed by atoms with E-state index >= 15 is 0 Å². The van der Waals surface area contributed by atoms with Crippen molar-refractivity contribution in [3.8, 4) is 5.75 Å². The second-order valence-corrected chi connectivity index (χ2v) is 5.78. The van der Waals surface area contributed by atoms with E-state index in [4.69, 9.17) is 9.15 Å². The molecule has 0 aliphatic heterocycles. The molecule has 2 aromatic rings. The van der Waals surface area contributed by atoms with Gasteiger partial charge in [-0.2, -0.15) is 0 Å². The lowest BCUT2D eigenvalue weighted by atomic mass is 10.1. The molecule has 0 saturated carbocycles. The third-order valence-corrected chi connectivity index (χ3v) is 3.55. The Morgan fingerprint density at radius 2 is 1.77 bits per heavy atom. The summed E-state index contributed by atoms with van der Waals surface area (Å²) < 4.78 is 11.1. The fraction of sp³-hybridized carbons (Fsp3) is 0.368. The van der Waals surface area contributed by atoms with Gasteiger partial charge in [0.15, 0.2) is 5.76 Å². The fourth-order valence-corrected chi connectivity index (χ4v) is 2.23. The molecular formula is C19H25N3O4. The van der Waals surface area contributed by atoms with Crippen LogP contribution in [0.2, 0.25) is 0 Å². The van der Waals surface area contributed by atoms with Gasteiger partial charge in [-0.3, -0.25) is 10.2 Å². The smallest absolute Gasteiger partial charge is 0.333 e. The number of rotatable bonds is 8. The van der Waals surface area contributed by atoms with Crippen LogP contribution in [-0.4, -0.2) is 18.5 Å². The summed E-state index contributed by atoms with van der Waals surface area (Å²) in [5, 5.41) is 2.58. The van der Waals surface area contributed by atoms with Crippen LogP contribution in [0.4, 0.5) is 4.79 Å². The normalized spacial score (nSPS) is 10.2. The number of hydrogen-bond donors (Lipinski definition) is 3. The molecule has 1 aromatic carbocycles. The SMILES string of the molecule is CCCNC(=O)NNC(=O)c1ccc(COc2ccc(CCC)cc2)o1. The molecular weight excluding hydrogens is 334 g/mol. The summed E-state index contributed by atoms with van der Waals surface area (Å²) in [6, 6.07) is 10.6. The van der Waals surface area contributed by atoms with E-state index in [2.05, 4.69) is 23.1 Å². The number of carbonyl (C=O) groups is 2. The van der Waals surface area contributed by atoms with Crippen molar-refractivity contribution in [1.82, 2.24) is 16.2 Å². The van der Waals surface area contributed by atoms with Gasteiger partial charge < -0.3 is 14.5 Å². The summed E-state index contributed by atoms with van der Waals surface area (Å²) in [7, 11) is 0. The number of ether oxygens (including phenoxy) is 1. The van der Waals surface area contributed by atoms with E-state index in [1.54, 1.807) is 6.07 Å². The number of hydrazine groups is 1. The maximum absolute atomic E-state index is 11.9. The minimum atomic E-state index is -0.535. The van der Waals surface area contributed by atoms with E-state index in [0.29, 0.717) is 12.3 Å². The highest BCUT2D eigenvalue weighted by Crippen LogP contribution is 2.16. The topological polar surface area (TPSA) is 92.6 Å². The summed E-state index contributed by atoms with van der Waals surface area (Å²) in [4.78, 5) is 23.3. The van der Waals surface area contributed by atoms with Gasteiger partial charge in [0.2, 0.25) is 0 Å². The first kappa shape index (κ1) is 19.4. The van der Waals surface area contributed by atoms with Gasteiger partial charge in [-0.25, -0.2) is 10.2 Å². The zero-order valence-electron chi connectivity index (χ0n) is 15.1. The quantitative estimate of drug-likeness (QED) is 0.631. The molecule has 3 amide bonds. The van der Waals surface area contributed by atoms with Crippen LogP contribution in [0.5, 0.6) is 5.75 Å². The van der Waals surface area contributed by atoms with Gasteiger partial charge in [0.1, 0.15) is 18.1 Å². The second-order valence-electron chi connectivity index (χ2n) is 5.78. The second kappa shape index (κ2) is 10.1. The lowest BCUT2D eigenvalue weighted by Gasteiger charge is -2.07. The molecule has 140 valence electrons. The number of urea groups is 1. The highest BCUT2D eigenvalue weighted by atomic mass is 16.5. The Labute approximate surface area is 153 Å². The molecule has 0 spiro atoms. The molecule has 2 rings (SSSR count). The van der Waals surface area contributed by atoms with Crippen LogP contribution in [0.25, 0.3) is 0 Å². The summed E-state index contributed by atoms with van der Waals surface area (Å²) in [5.74, 6) is 0.814. The molecule has 0 fully saturated rings. The Balaban J connectivity index is 1.79. The first-order valence-electron chi connectivity index (χ1n) is 8.77. The minimum Gasteiger partial charge on any atom is -0.486 e. The summed E-state index contributed by atoms with van der Waals surface area (Å²) in [6.45, 7) is 4.82. The number of aryl methyl sites for hydroxylation is 1. The van der Waals surface area contributed by atoms with Gasteiger partial charge in [0, 0.05) is 6.54 Å². The number of amides is 3. The first-order valence-corrected chi connectivity index (χ1v) is 8.77. The number of carbonyl (C=O) groups excluding carboxylic acids is 2. The maximum atomic E-state index is 11.9. The first-order chi connectivity index (χ1) is 12.6. The standard InChI is InChI=1S/C19H25N3O4/c1-3-5-14-6-8-15(9-7-14)25-13-16-10-11-17(26-16)18(23)21-22-19(24)20-12-4-2/h6-11H,3-5,12-13H2,1-2H3,(H,21,23)(H2,20,22,24). The Morgan fingerprint density at radius 3 is 2.46 bits per heavy atom. The maximum Gasteiger partial charge on any atom is 0.333 e. The molecule has 0 atom stereocenters. The number of furan rings is 1. The van der Waals surface area contributed by atoms with Crippen LogP contribution in [0.15, 0.2) is 40.8 Å². The van der Waals surface area contributed by atoms with Crippen molar-refractivity contribution in [3.05, 3.63) is 53.5 Å². The Kier molecular flexibility index (Phi) is 7.54. The molecule has 0 aliphatic rings. The van der Waals surface area contributed by atoms with Crippen LogP contribution in [0.1, 0.15) is 48.6 Å². The highest BCUT2D eigenvalue weighted by molar-refractivity contribution is 5.92. The largest absolute Gasteiger partial charge is 0.486 e. The molecule has 0 aliphatic carbocycles. The Hall–Kier alpha value is -2.96. The van der Waals surface area contributed by atoms with E-state index in [9.17, 15) is 9.59 Å². The lowest BCUT2D eigenvalue weighted by molar-refractivity contribution is 0.0904. The molecule has 1 aromatic heterocycles. The number of nitrogens with one attached hydrogen (secondary N) is 3. The molecule has 26 heavy (non-hydrogen) atoms. The highest BCUT2D eigenvalue weighted by Gasteiger charge is 2.12. The molecule has 3 N–H and O–H groups in total. The predicted octanol–water partition coefficient (Wildman–Crippen LogP) is 3.17. The predicted molar refractivity (Wildman–Crippen MR) is 97.8 cm³/mol. The van der Waals surface area contributed by atoms with Crippen molar-refractivity contribution in [2.45, 2.75) is 39.7 Å². The third-order valence-electron chi connectivity index (χ3n) is 3.55. The Morgan fingerprint density at radius 1 is 1.00 bits per heavy atom. The van der Waals surface area contributed by atoms with E-state index < -0.39 is 11.9 Å². The molecule has 0 saturated heterocycles. The molecule has 7 heteroatoms. The molecule has 0 radical (unpaired) electrons. The third kappa shape index (κ3) is 6.16. The monoisotopic (exact) mass is 359 g/mol. The zero-order chi connectivity index (χ0) is 18.8. The van der Waals surface area contributed by atoms with Crippen molar-refractivity contribution in [2.24, 2.45) is 0 Å². The van der Waals surface area contributed by atoms with E-state index in [0.717, 1.165) is 25.0 Å². The minimum absolute atomic E-state index is 0.0951. The molecule has 1 heterocycles. The van der Waals surface area contributed by atoms with Gasteiger partial charge in [-0.1, -0.05) is 32.4 Å². The zero-order valence-corrected chi connectivity index (χ0v) is 15.1. The van der Waals surface area contributed by atoms with Gasteiger partial charge in [0.25, 0.3) is 0 Å². The average molecular weight is 359 g/mol. The van der Waals surface area contributed by atoms with Crippen LogP contribution < -0.4 is 20.9 Å². The number of benzene rings is 1. The lowest BCUT2D eigenvalue weighted by Crippen LogP contribution is -2.47. The number of hydrogen-bond acceptors (Lipinski definition) is 4. The van der Waals surface area contributed by atoms with Gasteiger partial charge in [0.05, 0.1) is 0 Å². The van der Waals surface area contributed by atoms with Crippen molar-refractivity contribution >= 4 is 11.9 Å². The van der Waals surface area contributed by atoms with E-state index in [-0.39, 0.29) is 12.4 Å². The van der Waals surface area contributed by atoms with Crippen LogP contribution in [0, 0.1) is 0 Å². The summed E-state index contributed by atoms with van der Waals surface area (Å²) in [5.41, 5.74) is 5.81. The molecule has 0 unspecified atom stereocenters.